The molecule has 1 N–H and O–H groups in total. The lowest BCUT2D eigenvalue weighted by Crippen LogP contribution is -2.38. The third-order valence-electron chi connectivity index (χ3n) is 4.23. The molecule has 2 rings (SSSR count). The molecule has 1 aliphatic rings. The zero-order chi connectivity index (χ0) is 20.0. The van der Waals surface area contributed by atoms with E-state index in [2.05, 4.69) is 33.4 Å². The second-order valence-corrected chi connectivity index (χ2v) is 7.66. The van der Waals surface area contributed by atoms with Crippen LogP contribution in [0.1, 0.15) is 45.6 Å². The molecule has 6 heteroatoms. The molecule has 26 heavy (non-hydrogen) atoms. The van der Waals surface area contributed by atoms with Crippen LogP contribution in [0.2, 0.25) is 0 Å². The number of methoxy groups -OCH3 is 1. The molecule has 0 amide bonds. The SMILES string of the molecule is CC.COC.CS(=O)Nc1ccccc1CN1CCC(C)(CC#N)CC1. The fraction of sp³-hybridized carbons (Fsp3) is 0.650. The molecule has 0 aliphatic carbocycles. The highest BCUT2D eigenvalue weighted by atomic mass is 32.2. The summed E-state index contributed by atoms with van der Waals surface area (Å²) in [6.07, 6.45) is 4.42. The summed E-state index contributed by atoms with van der Waals surface area (Å²) in [6.45, 7) is 9.11. The molecule has 1 atom stereocenters. The van der Waals surface area contributed by atoms with Crippen molar-refractivity contribution in [3.05, 3.63) is 29.8 Å². The van der Waals surface area contributed by atoms with Crippen LogP contribution in [-0.4, -0.2) is 42.7 Å². The second-order valence-electron chi connectivity index (χ2n) is 6.54. The summed E-state index contributed by atoms with van der Waals surface area (Å²) in [5.74, 6) is 0. The van der Waals surface area contributed by atoms with Gasteiger partial charge in [0, 0.05) is 33.4 Å². The van der Waals surface area contributed by atoms with Crippen molar-refractivity contribution in [2.24, 2.45) is 5.41 Å². The lowest BCUT2D eigenvalue weighted by Gasteiger charge is -2.38. The van der Waals surface area contributed by atoms with Gasteiger partial charge in [-0.05, 0) is 43.0 Å². The highest BCUT2D eigenvalue weighted by Gasteiger charge is 2.29. The molecule has 0 spiro atoms. The first-order chi connectivity index (χ1) is 12.4. The van der Waals surface area contributed by atoms with E-state index < -0.39 is 11.0 Å². The van der Waals surface area contributed by atoms with E-state index in [1.54, 1.807) is 20.5 Å². The van der Waals surface area contributed by atoms with Gasteiger partial charge in [0.2, 0.25) is 0 Å². The van der Waals surface area contributed by atoms with Crippen molar-refractivity contribution in [2.75, 3.05) is 38.3 Å². The average Bonchev–Trinajstić information content (AvgIpc) is 2.61. The van der Waals surface area contributed by atoms with Gasteiger partial charge in [-0.1, -0.05) is 39.0 Å². The van der Waals surface area contributed by atoms with Crippen LogP contribution in [-0.2, 0) is 22.3 Å². The van der Waals surface area contributed by atoms with E-state index in [-0.39, 0.29) is 5.41 Å². The van der Waals surface area contributed by atoms with Crippen LogP contribution in [0.3, 0.4) is 0 Å². The monoisotopic (exact) mass is 381 g/mol. The summed E-state index contributed by atoms with van der Waals surface area (Å²) in [7, 11) is 2.20. The molecule has 1 aromatic rings. The van der Waals surface area contributed by atoms with Gasteiger partial charge in [-0.2, -0.15) is 5.26 Å². The van der Waals surface area contributed by atoms with Gasteiger partial charge in [0.1, 0.15) is 11.0 Å². The highest BCUT2D eigenvalue weighted by molar-refractivity contribution is 7.85. The van der Waals surface area contributed by atoms with Gasteiger partial charge in [0.15, 0.2) is 0 Å². The number of likely N-dealkylation sites (tertiary alicyclic amines) is 1. The first kappa shape index (κ1) is 24.6. The minimum atomic E-state index is -1.05. The summed E-state index contributed by atoms with van der Waals surface area (Å²) in [5, 5.41) is 8.90. The maximum absolute atomic E-state index is 11.4. The standard InChI is InChI=1S/C16H23N3OS.C2H6O.C2H6/c1-16(7-10-17)8-11-19(12-9-16)13-14-5-3-4-6-15(14)18-21(2)20;1-3-2;1-2/h3-6,18H,7-9,11-13H2,1-2H3;1-2H3;1-2H3. The fourth-order valence-corrected chi connectivity index (χ4v) is 3.28. The summed E-state index contributed by atoms with van der Waals surface area (Å²) in [4.78, 5) is 2.41. The van der Waals surface area contributed by atoms with Crippen LogP contribution in [0.25, 0.3) is 0 Å². The Labute approximate surface area is 162 Å². The summed E-state index contributed by atoms with van der Waals surface area (Å²) in [5.41, 5.74) is 2.30. The van der Waals surface area contributed by atoms with Crippen LogP contribution in [0.4, 0.5) is 5.69 Å². The van der Waals surface area contributed by atoms with E-state index >= 15 is 0 Å². The molecule has 0 bridgehead atoms. The van der Waals surface area contributed by atoms with Crippen molar-refractivity contribution in [2.45, 2.75) is 46.6 Å². The van der Waals surface area contributed by atoms with Gasteiger partial charge >= 0.3 is 0 Å². The molecule has 1 saturated heterocycles. The molecule has 1 aliphatic heterocycles. The normalized spacial score (nSPS) is 16.8. The molecular formula is C20H35N3O2S. The number of rotatable bonds is 5. The van der Waals surface area contributed by atoms with Crippen molar-refractivity contribution in [1.82, 2.24) is 4.90 Å². The zero-order valence-corrected chi connectivity index (χ0v) is 18.0. The number of hydrogen-bond donors (Lipinski definition) is 1. The van der Waals surface area contributed by atoms with E-state index in [0.29, 0.717) is 6.42 Å². The molecule has 0 aromatic heterocycles. The molecule has 1 unspecified atom stereocenters. The summed E-state index contributed by atoms with van der Waals surface area (Å²) < 4.78 is 18.6. The molecule has 5 nitrogen and oxygen atoms in total. The maximum Gasteiger partial charge on any atom is 0.113 e. The highest BCUT2D eigenvalue weighted by Crippen LogP contribution is 2.34. The Bertz CT molecular complexity index is 564. The van der Waals surface area contributed by atoms with Crippen molar-refractivity contribution >= 4 is 16.7 Å². The average molecular weight is 382 g/mol. The van der Waals surface area contributed by atoms with Gasteiger partial charge in [-0.25, -0.2) is 4.21 Å². The van der Waals surface area contributed by atoms with E-state index in [9.17, 15) is 4.21 Å². The van der Waals surface area contributed by atoms with Crippen LogP contribution in [0.15, 0.2) is 24.3 Å². The Balaban J connectivity index is 0.00000113. The third kappa shape index (κ3) is 9.33. The Morgan fingerprint density at radius 1 is 1.27 bits per heavy atom. The van der Waals surface area contributed by atoms with Crippen molar-refractivity contribution in [3.63, 3.8) is 0 Å². The minimum absolute atomic E-state index is 0.175. The van der Waals surface area contributed by atoms with E-state index in [4.69, 9.17) is 5.26 Å². The van der Waals surface area contributed by atoms with E-state index in [1.807, 2.05) is 32.0 Å². The Hall–Kier alpha value is -1.42. The molecule has 148 valence electrons. The molecule has 1 aromatic carbocycles. The van der Waals surface area contributed by atoms with Crippen LogP contribution in [0.5, 0.6) is 0 Å². The number of ether oxygens (including phenoxy) is 1. The first-order valence-electron chi connectivity index (χ1n) is 9.11. The Kier molecular flexibility index (Phi) is 13.0. The Morgan fingerprint density at radius 2 is 1.81 bits per heavy atom. The van der Waals surface area contributed by atoms with Gasteiger partial charge in [-0.15, -0.1) is 0 Å². The minimum Gasteiger partial charge on any atom is -0.388 e. The molecule has 1 heterocycles. The zero-order valence-electron chi connectivity index (χ0n) is 17.2. The molecule has 0 saturated carbocycles. The number of nitrogens with one attached hydrogen (secondary N) is 1. The number of piperidine rings is 1. The molecular weight excluding hydrogens is 346 g/mol. The number of nitrogens with zero attached hydrogens (tertiary/aromatic N) is 2. The third-order valence-corrected chi connectivity index (χ3v) is 4.74. The van der Waals surface area contributed by atoms with Gasteiger partial charge in [-0.3, -0.25) is 4.90 Å². The predicted molar refractivity (Wildman–Crippen MR) is 111 cm³/mol. The van der Waals surface area contributed by atoms with Crippen LogP contribution >= 0.6 is 0 Å². The van der Waals surface area contributed by atoms with Gasteiger partial charge in [0.05, 0.1) is 11.8 Å². The summed E-state index contributed by atoms with van der Waals surface area (Å²) >= 11 is 0. The lowest BCUT2D eigenvalue weighted by molar-refractivity contribution is 0.116. The topological polar surface area (TPSA) is 65.4 Å². The number of para-hydroxylation sites is 1. The smallest absolute Gasteiger partial charge is 0.113 e. The quantitative estimate of drug-likeness (QED) is 0.830. The van der Waals surface area contributed by atoms with Crippen LogP contribution in [0, 0.1) is 16.7 Å². The van der Waals surface area contributed by atoms with Crippen molar-refractivity contribution in [3.8, 4) is 6.07 Å². The van der Waals surface area contributed by atoms with Crippen LogP contribution < -0.4 is 4.72 Å². The van der Waals surface area contributed by atoms with Crippen molar-refractivity contribution < 1.29 is 8.95 Å². The summed E-state index contributed by atoms with van der Waals surface area (Å²) in [6, 6.07) is 10.3. The first-order valence-corrected chi connectivity index (χ1v) is 10.7. The van der Waals surface area contributed by atoms with E-state index in [0.717, 1.165) is 38.2 Å². The van der Waals surface area contributed by atoms with Gasteiger partial charge in [0.25, 0.3) is 0 Å². The number of benzene rings is 1. The number of anilines is 1. The van der Waals surface area contributed by atoms with E-state index in [1.165, 1.54) is 5.56 Å². The molecule has 0 radical (unpaired) electrons. The lowest BCUT2D eigenvalue weighted by atomic mass is 9.78. The van der Waals surface area contributed by atoms with Gasteiger partial charge < -0.3 is 9.46 Å². The predicted octanol–water partition coefficient (Wildman–Crippen LogP) is 4.20. The molecule has 1 fully saturated rings. The maximum atomic E-state index is 11.4. The Morgan fingerprint density at radius 3 is 2.31 bits per heavy atom. The number of nitriles is 1. The number of hydrogen-bond acceptors (Lipinski definition) is 4. The fourth-order valence-electron chi connectivity index (χ4n) is 2.77. The largest absolute Gasteiger partial charge is 0.388 e. The van der Waals surface area contributed by atoms with Crippen molar-refractivity contribution in [1.29, 1.82) is 5.26 Å². The second kappa shape index (κ2) is 13.7.